The Bertz CT molecular complexity index is 1480. The predicted octanol–water partition coefficient (Wildman–Crippen LogP) is 6.25. The van der Waals surface area contributed by atoms with E-state index in [2.05, 4.69) is 5.32 Å². The number of fused-ring (bicyclic) bond motifs is 1. The van der Waals surface area contributed by atoms with Gasteiger partial charge in [-0.2, -0.15) is 0 Å². The Kier molecular flexibility index (Phi) is 6.79. The first-order valence-electron chi connectivity index (χ1n) is 12.5. The van der Waals surface area contributed by atoms with Gasteiger partial charge < -0.3 is 14.6 Å². The number of para-hydroxylation sites is 1. The van der Waals surface area contributed by atoms with E-state index in [1.54, 1.807) is 29.2 Å². The minimum atomic E-state index is -0.464. The van der Waals surface area contributed by atoms with E-state index in [1.165, 1.54) is 12.1 Å². The SMILES string of the molecule is CC(C(=O)N[C@@H]1C[C@H](C)N(C(=O)c2ccc(-c3ccc([N+](=O)[O-])cc3)o2)c2ccccc21)c1ccccc1. The van der Waals surface area contributed by atoms with Gasteiger partial charge in [0.25, 0.3) is 11.6 Å². The largest absolute Gasteiger partial charge is 0.451 e. The molecule has 0 aliphatic carbocycles. The Morgan fingerprint density at radius 3 is 2.37 bits per heavy atom. The second kappa shape index (κ2) is 10.3. The summed E-state index contributed by atoms with van der Waals surface area (Å²) in [6, 6.07) is 26.1. The van der Waals surface area contributed by atoms with Crippen LogP contribution in [-0.2, 0) is 4.79 Å². The first-order valence-corrected chi connectivity index (χ1v) is 12.5. The summed E-state index contributed by atoms with van der Waals surface area (Å²) in [7, 11) is 0. The van der Waals surface area contributed by atoms with Crippen molar-refractivity contribution in [2.24, 2.45) is 0 Å². The molecule has 1 aliphatic heterocycles. The van der Waals surface area contributed by atoms with Gasteiger partial charge in [-0.15, -0.1) is 0 Å². The van der Waals surface area contributed by atoms with Crippen LogP contribution in [0.1, 0.15) is 53.9 Å². The van der Waals surface area contributed by atoms with Crippen molar-refractivity contribution in [2.45, 2.75) is 38.3 Å². The molecule has 0 fully saturated rings. The van der Waals surface area contributed by atoms with Crippen molar-refractivity contribution in [2.75, 3.05) is 4.90 Å². The lowest BCUT2D eigenvalue weighted by atomic mass is 9.90. The molecular formula is C30H27N3O5. The smallest absolute Gasteiger partial charge is 0.294 e. The molecule has 2 amide bonds. The van der Waals surface area contributed by atoms with E-state index in [9.17, 15) is 19.7 Å². The van der Waals surface area contributed by atoms with Crippen molar-refractivity contribution >= 4 is 23.2 Å². The Morgan fingerprint density at radius 2 is 1.66 bits per heavy atom. The first-order chi connectivity index (χ1) is 18.3. The third-order valence-corrected chi connectivity index (χ3v) is 7.00. The summed E-state index contributed by atoms with van der Waals surface area (Å²) in [6.07, 6.45) is 0.548. The van der Waals surface area contributed by atoms with Crippen molar-refractivity contribution in [1.82, 2.24) is 5.32 Å². The minimum Gasteiger partial charge on any atom is -0.451 e. The van der Waals surface area contributed by atoms with Crippen molar-refractivity contribution in [3.63, 3.8) is 0 Å². The van der Waals surface area contributed by atoms with Gasteiger partial charge in [0.15, 0.2) is 5.76 Å². The molecule has 5 rings (SSSR count). The fourth-order valence-electron chi connectivity index (χ4n) is 4.92. The number of nitrogens with zero attached hydrogens (tertiary/aromatic N) is 2. The van der Waals surface area contributed by atoms with Crippen molar-refractivity contribution in [3.05, 3.63) is 118 Å². The Labute approximate surface area is 220 Å². The number of nitrogens with one attached hydrogen (secondary N) is 1. The van der Waals surface area contributed by atoms with E-state index in [4.69, 9.17) is 4.42 Å². The van der Waals surface area contributed by atoms with Crippen LogP contribution in [0.4, 0.5) is 11.4 Å². The lowest BCUT2D eigenvalue weighted by Crippen LogP contribution is -2.46. The topological polar surface area (TPSA) is 106 Å². The molecule has 0 spiro atoms. The normalized spacial score (nSPS) is 17.4. The summed E-state index contributed by atoms with van der Waals surface area (Å²) < 4.78 is 5.89. The molecule has 1 aromatic heterocycles. The number of rotatable bonds is 6. The van der Waals surface area contributed by atoms with Gasteiger partial charge in [0, 0.05) is 29.4 Å². The van der Waals surface area contributed by atoms with E-state index >= 15 is 0 Å². The van der Waals surface area contributed by atoms with E-state index in [-0.39, 0.29) is 41.3 Å². The fourth-order valence-corrected chi connectivity index (χ4v) is 4.92. The zero-order valence-corrected chi connectivity index (χ0v) is 21.0. The van der Waals surface area contributed by atoms with Gasteiger partial charge in [0.05, 0.1) is 16.9 Å². The average molecular weight is 510 g/mol. The molecular weight excluding hydrogens is 482 g/mol. The van der Waals surface area contributed by atoms with Crippen molar-refractivity contribution < 1.29 is 18.9 Å². The number of carbonyl (C=O) groups is 2. The van der Waals surface area contributed by atoms with Crippen LogP contribution in [0.5, 0.6) is 0 Å². The molecule has 4 aromatic rings. The molecule has 1 unspecified atom stereocenters. The summed E-state index contributed by atoms with van der Waals surface area (Å²) in [5.41, 5.74) is 3.16. The third-order valence-electron chi connectivity index (χ3n) is 7.00. The van der Waals surface area contributed by atoms with Crippen molar-refractivity contribution in [3.8, 4) is 11.3 Å². The number of furan rings is 1. The fraction of sp³-hybridized carbons (Fsp3) is 0.200. The molecule has 38 heavy (non-hydrogen) atoms. The van der Waals surface area contributed by atoms with Crippen LogP contribution in [0.15, 0.2) is 95.4 Å². The van der Waals surface area contributed by atoms with Crippen molar-refractivity contribution in [1.29, 1.82) is 0 Å². The number of nitro benzene ring substituents is 1. The molecule has 192 valence electrons. The van der Waals surface area contributed by atoms with Crippen LogP contribution in [0.3, 0.4) is 0 Å². The zero-order chi connectivity index (χ0) is 26.8. The zero-order valence-electron chi connectivity index (χ0n) is 21.0. The number of benzene rings is 3. The molecule has 0 bridgehead atoms. The van der Waals surface area contributed by atoms with E-state index in [0.29, 0.717) is 17.7 Å². The number of hydrogen-bond acceptors (Lipinski definition) is 5. The van der Waals surface area contributed by atoms with E-state index < -0.39 is 4.92 Å². The summed E-state index contributed by atoms with van der Waals surface area (Å²) in [5, 5.41) is 14.1. The van der Waals surface area contributed by atoms with Gasteiger partial charge in [0.1, 0.15) is 5.76 Å². The maximum Gasteiger partial charge on any atom is 0.294 e. The molecule has 2 heterocycles. The average Bonchev–Trinajstić information content (AvgIpc) is 3.43. The Morgan fingerprint density at radius 1 is 0.974 bits per heavy atom. The lowest BCUT2D eigenvalue weighted by Gasteiger charge is -2.39. The summed E-state index contributed by atoms with van der Waals surface area (Å²) in [4.78, 5) is 38.9. The number of non-ortho nitro benzene ring substituents is 1. The highest BCUT2D eigenvalue weighted by Crippen LogP contribution is 2.38. The molecule has 0 saturated heterocycles. The second-order valence-corrected chi connectivity index (χ2v) is 9.48. The molecule has 0 radical (unpaired) electrons. The molecule has 8 heteroatoms. The highest BCUT2D eigenvalue weighted by atomic mass is 16.6. The second-order valence-electron chi connectivity index (χ2n) is 9.48. The summed E-state index contributed by atoms with van der Waals surface area (Å²) in [5.74, 6) is -0.0528. The molecule has 8 nitrogen and oxygen atoms in total. The van der Waals surface area contributed by atoms with Crippen LogP contribution in [0.2, 0.25) is 0 Å². The first kappa shape index (κ1) is 25.0. The van der Waals surface area contributed by atoms with Gasteiger partial charge in [-0.3, -0.25) is 19.7 Å². The predicted molar refractivity (Wildman–Crippen MR) is 144 cm³/mol. The van der Waals surface area contributed by atoms with Crippen LogP contribution < -0.4 is 10.2 Å². The number of amides is 2. The highest BCUT2D eigenvalue weighted by molar-refractivity contribution is 6.06. The standard InChI is InChI=1S/C30H27N3O5/c1-19-18-25(31-29(34)20(2)21-8-4-3-5-9-21)24-10-6-7-11-26(24)32(19)30(35)28-17-16-27(38-28)22-12-14-23(15-13-22)33(36)37/h3-17,19-20,25H,18H2,1-2H3,(H,31,34)/t19-,20?,25+/m0/s1. The molecule has 0 saturated carbocycles. The lowest BCUT2D eigenvalue weighted by molar-refractivity contribution is -0.384. The maximum atomic E-state index is 13.6. The van der Waals surface area contributed by atoms with E-state index in [0.717, 1.165) is 16.8 Å². The maximum absolute atomic E-state index is 13.6. The molecule has 1 N–H and O–H groups in total. The number of hydrogen-bond donors (Lipinski definition) is 1. The van der Waals surface area contributed by atoms with Gasteiger partial charge in [0.2, 0.25) is 5.91 Å². The van der Waals surface area contributed by atoms with Gasteiger partial charge in [-0.25, -0.2) is 0 Å². The molecule has 3 aromatic carbocycles. The Hall–Kier alpha value is -4.72. The number of carbonyl (C=O) groups excluding carboxylic acids is 2. The number of nitro groups is 1. The van der Waals surface area contributed by atoms with Crippen LogP contribution >= 0.6 is 0 Å². The van der Waals surface area contributed by atoms with Crippen LogP contribution in [-0.4, -0.2) is 22.8 Å². The Balaban J connectivity index is 1.38. The van der Waals surface area contributed by atoms with E-state index in [1.807, 2.05) is 68.4 Å². The van der Waals surface area contributed by atoms with Gasteiger partial charge >= 0.3 is 0 Å². The van der Waals surface area contributed by atoms with Gasteiger partial charge in [-0.1, -0.05) is 48.5 Å². The number of anilines is 1. The van der Waals surface area contributed by atoms with Gasteiger partial charge in [-0.05, 0) is 61.7 Å². The summed E-state index contributed by atoms with van der Waals surface area (Å²) in [6.45, 7) is 3.84. The van der Waals surface area contributed by atoms with Crippen LogP contribution in [0.25, 0.3) is 11.3 Å². The quantitative estimate of drug-likeness (QED) is 0.244. The minimum absolute atomic E-state index is 0.0184. The molecule has 3 atom stereocenters. The molecule has 1 aliphatic rings. The third kappa shape index (κ3) is 4.80. The highest BCUT2D eigenvalue weighted by Gasteiger charge is 2.36. The summed E-state index contributed by atoms with van der Waals surface area (Å²) >= 11 is 0. The van der Waals surface area contributed by atoms with Crippen LogP contribution in [0, 0.1) is 10.1 Å². The monoisotopic (exact) mass is 509 g/mol.